The van der Waals surface area contributed by atoms with E-state index in [2.05, 4.69) is 5.32 Å². The van der Waals surface area contributed by atoms with Gasteiger partial charge in [0.05, 0.1) is 6.61 Å². The van der Waals surface area contributed by atoms with Gasteiger partial charge in [0.15, 0.2) is 5.60 Å². The molecule has 1 aliphatic heterocycles. The first kappa shape index (κ1) is 18.4. The zero-order valence-corrected chi connectivity index (χ0v) is 13.4. The van der Waals surface area contributed by atoms with Crippen molar-refractivity contribution in [3.05, 3.63) is 24.3 Å². The van der Waals surface area contributed by atoms with E-state index in [0.717, 1.165) is 6.42 Å². The Bertz CT molecular complexity index is 570. The molecule has 8 heteroatoms. The molecule has 24 heavy (non-hydrogen) atoms. The number of alkyl halides is 3. The molecule has 0 spiro atoms. The summed E-state index contributed by atoms with van der Waals surface area (Å²) in [6, 6.07) is 6.32. The third kappa shape index (κ3) is 4.31. The van der Waals surface area contributed by atoms with Crippen molar-refractivity contribution in [3.8, 4) is 5.75 Å². The molecular formula is C16H21F3N2O3. The van der Waals surface area contributed by atoms with Crippen molar-refractivity contribution in [3.63, 3.8) is 0 Å². The van der Waals surface area contributed by atoms with Gasteiger partial charge in [0.2, 0.25) is 0 Å². The largest absolute Gasteiger partial charge is 0.494 e. The second-order valence-electron chi connectivity index (χ2n) is 5.82. The Hall–Kier alpha value is -1.96. The van der Waals surface area contributed by atoms with Crippen LogP contribution in [-0.4, -0.2) is 47.5 Å². The lowest BCUT2D eigenvalue weighted by Crippen LogP contribution is -2.55. The van der Waals surface area contributed by atoms with Crippen molar-refractivity contribution >= 4 is 11.7 Å². The van der Waals surface area contributed by atoms with Crippen LogP contribution in [0.3, 0.4) is 0 Å². The van der Waals surface area contributed by atoms with E-state index >= 15 is 0 Å². The number of nitrogens with one attached hydrogen (secondary N) is 1. The quantitative estimate of drug-likeness (QED) is 0.878. The Morgan fingerprint density at radius 1 is 1.38 bits per heavy atom. The average Bonchev–Trinajstić information content (AvgIpc) is 2.53. The van der Waals surface area contributed by atoms with Crippen LogP contribution >= 0.6 is 0 Å². The van der Waals surface area contributed by atoms with Crippen LogP contribution < -0.4 is 10.1 Å². The first-order valence-corrected chi connectivity index (χ1v) is 7.83. The number of hydrogen-bond acceptors (Lipinski definition) is 3. The number of urea groups is 1. The number of aliphatic hydroxyl groups is 1. The number of anilines is 1. The van der Waals surface area contributed by atoms with Gasteiger partial charge in [-0.2, -0.15) is 13.2 Å². The minimum Gasteiger partial charge on any atom is -0.494 e. The Labute approximate surface area is 138 Å². The lowest BCUT2D eigenvalue weighted by molar-refractivity contribution is -0.271. The molecule has 0 saturated carbocycles. The van der Waals surface area contributed by atoms with Gasteiger partial charge in [-0.05, 0) is 18.6 Å². The lowest BCUT2D eigenvalue weighted by Gasteiger charge is -2.38. The highest BCUT2D eigenvalue weighted by Gasteiger charge is 2.54. The van der Waals surface area contributed by atoms with E-state index in [-0.39, 0.29) is 13.1 Å². The maximum Gasteiger partial charge on any atom is 0.417 e. The summed E-state index contributed by atoms with van der Waals surface area (Å²) in [7, 11) is 0. The number of amides is 2. The van der Waals surface area contributed by atoms with E-state index in [1.165, 1.54) is 4.90 Å². The highest BCUT2D eigenvalue weighted by molar-refractivity contribution is 5.89. The van der Waals surface area contributed by atoms with Crippen LogP contribution in [0.4, 0.5) is 23.7 Å². The number of benzene rings is 1. The molecule has 1 heterocycles. The fraction of sp³-hybridized carbons (Fsp3) is 0.562. The van der Waals surface area contributed by atoms with E-state index in [1.54, 1.807) is 24.3 Å². The molecule has 0 radical (unpaired) electrons. The molecule has 0 aliphatic carbocycles. The van der Waals surface area contributed by atoms with Gasteiger partial charge < -0.3 is 20.1 Å². The van der Waals surface area contributed by atoms with Gasteiger partial charge in [0.1, 0.15) is 5.75 Å². The van der Waals surface area contributed by atoms with Crippen LogP contribution in [0, 0.1) is 0 Å². The summed E-state index contributed by atoms with van der Waals surface area (Å²) >= 11 is 0. The zero-order valence-electron chi connectivity index (χ0n) is 13.4. The maximum atomic E-state index is 12.8. The number of hydrogen-bond donors (Lipinski definition) is 2. The van der Waals surface area contributed by atoms with Crippen molar-refractivity contribution < 1.29 is 27.8 Å². The van der Waals surface area contributed by atoms with E-state index in [0.29, 0.717) is 18.0 Å². The predicted octanol–water partition coefficient (Wildman–Crippen LogP) is 3.40. The topological polar surface area (TPSA) is 61.8 Å². The molecule has 134 valence electrons. The molecule has 1 aromatic carbocycles. The fourth-order valence-electron chi connectivity index (χ4n) is 2.45. The minimum atomic E-state index is -4.68. The van der Waals surface area contributed by atoms with Gasteiger partial charge in [-0.3, -0.25) is 0 Å². The second-order valence-corrected chi connectivity index (χ2v) is 5.82. The molecule has 2 N–H and O–H groups in total. The SMILES string of the molecule is CCCOc1cccc(NC(=O)N2CCC(O)(C(F)(F)F)CC2)c1. The standard InChI is InChI=1S/C16H21F3N2O3/c1-2-10-24-13-5-3-4-12(11-13)20-14(22)21-8-6-15(23,7-9-21)16(17,18)19/h3-5,11,23H,2,6-10H2,1H3,(H,20,22). The van der Waals surface area contributed by atoms with Crippen molar-refractivity contribution in [2.24, 2.45) is 0 Å². The number of piperidine rings is 1. The zero-order chi connectivity index (χ0) is 17.8. The summed E-state index contributed by atoms with van der Waals surface area (Å²) in [5, 5.41) is 12.3. The predicted molar refractivity (Wildman–Crippen MR) is 83.1 cm³/mol. The van der Waals surface area contributed by atoms with Crippen molar-refractivity contribution in [1.29, 1.82) is 0 Å². The Kier molecular flexibility index (Phi) is 5.58. The molecule has 2 amide bonds. The normalized spacial score (nSPS) is 17.5. The lowest BCUT2D eigenvalue weighted by atomic mass is 9.91. The van der Waals surface area contributed by atoms with Crippen molar-refractivity contribution in [2.75, 3.05) is 25.0 Å². The number of rotatable bonds is 4. The highest BCUT2D eigenvalue weighted by Crippen LogP contribution is 2.38. The van der Waals surface area contributed by atoms with Gasteiger partial charge in [-0.15, -0.1) is 0 Å². The van der Waals surface area contributed by atoms with E-state index in [4.69, 9.17) is 4.74 Å². The van der Waals surface area contributed by atoms with E-state index in [9.17, 15) is 23.1 Å². The average molecular weight is 346 g/mol. The van der Waals surface area contributed by atoms with E-state index < -0.39 is 30.7 Å². The molecule has 0 atom stereocenters. The molecule has 1 saturated heterocycles. The Balaban J connectivity index is 1.92. The highest BCUT2D eigenvalue weighted by atomic mass is 19.4. The first-order valence-electron chi connectivity index (χ1n) is 7.83. The van der Waals surface area contributed by atoms with Gasteiger partial charge in [0, 0.05) is 37.7 Å². The Morgan fingerprint density at radius 2 is 2.04 bits per heavy atom. The molecule has 1 aliphatic rings. The smallest absolute Gasteiger partial charge is 0.417 e. The molecule has 0 bridgehead atoms. The third-order valence-corrected chi connectivity index (χ3v) is 3.96. The molecule has 0 aromatic heterocycles. The van der Waals surface area contributed by atoms with Gasteiger partial charge in [0.25, 0.3) is 0 Å². The summed E-state index contributed by atoms with van der Waals surface area (Å²) in [5.41, 5.74) is -2.21. The van der Waals surface area contributed by atoms with Crippen molar-refractivity contribution in [2.45, 2.75) is 38.0 Å². The molecule has 5 nitrogen and oxygen atoms in total. The molecule has 1 fully saturated rings. The van der Waals surface area contributed by atoms with Crippen LogP contribution in [0.2, 0.25) is 0 Å². The fourth-order valence-corrected chi connectivity index (χ4v) is 2.45. The number of halogens is 3. The Morgan fingerprint density at radius 3 is 2.62 bits per heavy atom. The van der Waals surface area contributed by atoms with Crippen LogP contribution in [-0.2, 0) is 0 Å². The van der Waals surface area contributed by atoms with Crippen LogP contribution in [0.1, 0.15) is 26.2 Å². The minimum absolute atomic E-state index is 0.159. The monoisotopic (exact) mass is 346 g/mol. The van der Waals surface area contributed by atoms with Crippen LogP contribution in [0.15, 0.2) is 24.3 Å². The van der Waals surface area contributed by atoms with Gasteiger partial charge >= 0.3 is 12.2 Å². The second kappa shape index (κ2) is 7.29. The third-order valence-electron chi connectivity index (χ3n) is 3.96. The van der Waals surface area contributed by atoms with Crippen LogP contribution in [0.5, 0.6) is 5.75 Å². The van der Waals surface area contributed by atoms with Crippen molar-refractivity contribution in [1.82, 2.24) is 4.90 Å². The molecule has 2 rings (SSSR count). The first-order chi connectivity index (χ1) is 11.2. The van der Waals surface area contributed by atoms with Gasteiger partial charge in [-0.25, -0.2) is 4.79 Å². The van der Waals surface area contributed by atoms with Gasteiger partial charge in [-0.1, -0.05) is 13.0 Å². The van der Waals surface area contributed by atoms with Crippen LogP contribution in [0.25, 0.3) is 0 Å². The molecule has 0 unspecified atom stereocenters. The number of carbonyl (C=O) groups excluding carboxylic acids is 1. The summed E-state index contributed by atoms with van der Waals surface area (Å²) in [4.78, 5) is 13.4. The summed E-state index contributed by atoms with van der Waals surface area (Å²) in [6.45, 7) is 2.21. The maximum absolute atomic E-state index is 12.8. The number of ether oxygens (including phenoxy) is 1. The molecular weight excluding hydrogens is 325 g/mol. The summed E-state index contributed by atoms with van der Waals surface area (Å²) < 4.78 is 43.8. The summed E-state index contributed by atoms with van der Waals surface area (Å²) in [5.74, 6) is 0.611. The summed E-state index contributed by atoms with van der Waals surface area (Å²) in [6.07, 6.45) is -4.87. The molecule has 1 aromatic rings. The number of carbonyl (C=O) groups is 1. The number of nitrogens with zero attached hydrogens (tertiary/aromatic N) is 1. The number of likely N-dealkylation sites (tertiary alicyclic amines) is 1. The van der Waals surface area contributed by atoms with E-state index in [1.807, 2.05) is 6.92 Å².